The molecule has 1 aliphatic rings. The molecule has 3 aromatic carbocycles. The second kappa shape index (κ2) is 8.85. The molecule has 2 heterocycles. The number of anilines is 2. The average molecular weight is 488 g/mol. The number of carbonyl (C=O) groups is 4. The highest BCUT2D eigenvalue weighted by molar-refractivity contribution is 8.01. The van der Waals surface area contributed by atoms with Crippen LogP contribution in [0, 0.1) is 0 Å². The van der Waals surface area contributed by atoms with E-state index in [1.165, 1.54) is 34.9 Å². The Kier molecular flexibility index (Phi) is 5.72. The van der Waals surface area contributed by atoms with E-state index in [0.717, 1.165) is 10.2 Å². The Balaban J connectivity index is 1.27. The summed E-state index contributed by atoms with van der Waals surface area (Å²) in [6, 6.07) is 18.7. The van der Waals surface area contributed by atoms with Gasteiger partial charge in [-0.25, -0.2) is 9.88 Å². The molecule has 0 aliphatic carbocycles. The van der Waals surface area contributed by atoms with Crippen LogP contribution < -0.4 is 10.2 Å². The fourth-order valence-electron chi connectivity index (χ4n) is 3.63. The second-order valence-electron chi connectivity index (χ2n) is 7.59. The van der Waals surface area contributed by atoms with Gasteiger partial charge in [0.25, 0.3) is 11.8 Å². The number of imide groups is 1. The highest BCUT2D eigenvalue weighted by Crippen LogP contribution is 2.35. The maximum absolute atomic E-state index is 12.8. The van der Waals surface area contributed by atoms with Gasteiger partial charge in [-0.3, -0.25) is 19.2 Å². The van der Waals surface area contributed by atoms with E-state index in [1.54, 1.807) is 66.7 Å². The van der Waals surface area contributed by atoms with Crippen LogP contribution in [0.5, 0.6) is 0 Å². The van der Waals surface area contributed by atoms with Crippen molar-refractivity contribution >= 4 is 68.2 Å². The molecular formula is C25H17N3O4S2. The van der Waals surface area contributed by atoms with Gasteiger partial charge in [0.15, 0.2) is 10.1 Å². The first kappa shape index (κ1) is 22.0. The number of thioether (sulfide) groups is 1. The molecule has 7 nitrogen and oxygen atoms in total. The number of thiazole rings is 1. The first-order valence-electron chi connectivity index (χ1n) is 10.3. The molecule has 0 radical (unpaired) electrons. The van der Waals surface area contributed by atoms with Gasteiger partial charge in [0.05, 0.1) is 32.8 Å². The Morgan fingerprint density at radius 1 is 0.971 bits per heavy atom. The molecule has 3 amide bonds. The van der Waals surface area contributed by atoms with Crippen LogP contribution in [0.4, 0.5) is 11.4 Å². The molecule has 4 aromatic rings. The summed E-state index contributed by atoms with van der Waals surface area (Å²) < 4.78 is 1.52. The van der Waals surface area contributed by atoms with E-state index >= 15 is 0 Å². The van der Waals surface area contributed by atoms with Crippen molar-refractivity contribution in [2.45, 2.75) is 11.3 Å². The van der Waals surface area contributed by atoms with Crippen molar-refractivity contribution in [3.8, 4) is 0 Å². The number of Topliss-reactive ketones (excluding diaryl/α,β-unsaturated/α-hetero) is 1. The van der Waals surface area contributed by atoms with Crippen LogP contribution in [0.15, 0.2) is 71.1 Å². The van der Waals surface area contributed by atoms with Crippen molar-refractivity contribution in [3.05, 3.63) is 83.4 Å². The van der Waals surface area contributed by atoms with Gasteiger partial charge in [0.1, 0.15) is 0 Å². The number of fused-ring (bicyclic) bond motifs is 2. The van der Waals surface area contributed by atoms with Gasteiger partial charge in [0, 0.05) is 11.3 Å². The minimum Gasteiger partial charge on any atom is -0.325 e. The van der Waals surface area contributed by atoms with Crippen molar-refractivity contribution < 1.29 is 19.2 Å². The molecule has 0 atom stereocenters. The van der Waals surface area contributed by atoms with E-state index in [1.807, 2.05) is 0 Å². The van der Waals surface area contributed by atoms with Gasteiger partial charge >= 0.3 is 0 Å². The maximum atomic E-state index is 12.8. The first-order chi connectivity index (χ1) is 16.4. The van der Waals surface area contributed by atoms with Crippen LogP contribution in [0.25, 0.3) is 10.2 Å². The summed E-state index contributed by atoms with van der Waals surface area (Å²) in [4.78, 5) is 54.9. The molecule has 0 bridgehead atoms. The molecule has 0 fully saturated rings. The zero-order valence-electron chi connectivity index (χ0n) is 17.9. The second-order valence-corrected chi connectivity index (χ2v) is 9.85. The zero-order valence-corrected chi connectivity index (χ0v) is 19.5. The van der Waals surface area contributed by atoms with Crippen molar-refractivity contribution in [3.63, 3.8) is 0 Å². The highest BCUT2D eigenvalue weighted by atomic mass is 32.2. The van der Waals surface area contributed by atoms with Gasteiger partial charge in [-0.1, -0.05) is 23.9 Å². The molecule has 1 aliphatic heterocycles. The number of aromatic nitrogens is 1. The SMILES string of the molecule is CC(=O)c1ccc(NC(=O)CSc2nc3ccc(N4C(=O)c5ccccc5C4=O)cc3s2)cc1. The number of nitrogens with zero attached hydrogens (tertiary/aromatic N) is 2. The van der Waals surface area contributed by atoms with E-state index in [-0.39, 0.29) is 29.3 Å². The molecule has 0 saturated heterocycles. The van der Waals surface area contributed by atoms with E-state index in [0.29, 0.717) is 32.4 Å². The van der Waals surface area contributed by atoms with Crippen LogP contribution in [0.1, 0.15) is 38.0 Å². The van der Waals surface area contributed by atoms with Crippen LogP contribution in [0.2, 0.25) is 0 Å². The van der Waals surface area contributed by atoms with Gasteiger partial charge in [-0.2, -0.15) is 0 Å². The van der Waals surface area contributed by atoms with Gasteiger partial charge in [0.2, 0.25) is 5.91 Å². The Bertz CT molecular complexity index is 1440. The number of amides is 3. The number of ketones is 1. The number of benzene rings is 3. The first-order valence-corrected chi connectivity index (χ1v) is 12.1. The van der Waals surface area contributed by atoms with Crippen molar-refractivity contribution in [1.82, 2.24) is 4.98 Å². The average Bonchev–Trinajstić information content (AvgIpc) is 3.36. The molecule has 9 heteroatoms. The lowest BCUT2D eigenvalue weighted by Crippen LogP contribution is -2.29. The largest absolute Gasteiger partial charge is 0.325 e. The number of carbonyl (C=O) groups excluding carboxylic acids is 4. The van der Waals surface area contributed by atoms with Gasteiger partial charge < -0.3 is 5.32 Å². The van der Waals surface area contributed by atoms with E-state index in [4.69, 9.17) is 0 Å². The van der Waals surface area contributed by atoms with E-state index in [2.05, 4.69) is 10.3 Å². The smallest absolute Gasteiger partial charge is 0.266 e. The maximum Gasteiger partial charge on any atom is 0.266 e. The molecule has 0 unspecified atom stereocenters. The highest BCUT2D eigenvalue weighted by Gasteiger charge is 2.36. The summed E-state index contributed by atoms with van der Waals surface area (Å²) in [5, 5.41) is 2.80. The predicted molar refractivity (Wildman–Crippen MR) is 133 cm³/mol. The standard InChI is InChI=1S/C25H17N3O4S2/c1-14(29)15-6-8-16(9-7-15)26-22(30)13-33-25-27-20-11-10-17(12-21(20)34-25)28-23(31)18-4-2-3-5-19(18)24(28)32/h2-12H,13H2,1H3,(H,26,30). The van der Waals surface area contributed by atoms with E-state index < -0.39 is 0 Å². The number of hydrogen-bond acceptors (Lipinski definition) is 7. The lowest BCUT2D eigenvalue weighted by molar-refractivity contribution is -0.113. The van der Waals surface area contributed by atoms with Gasteiger partial charge in [-0.05, 0) is 61.5 Å². The number of hydrogen-bond donors (Lipinski definition) is 1. The summed E-state index contributed by atoms with van der Waals surface area (Å²) in [6.45, 7) is 1.49. The third-order valence-electron chi connectivity index (χ3n) is 5.31. The van der Waals surface area contributed by atoms with Crippen molar-refractivity contribution in [2.24, 2.45) is 0 Å². The molecule has 168 valence electrons. The van der Waals surface area contributed by atoms with E-state index in [9.17, 15) is 19.2 Å². The summed E-state index contributed by atoms with van der Waals surface area (Å²) in [6.07, 6.45) is 0. The zero-order chi connectivity index (χ0) is 23.8. The topological polar surface area (TPSA) is 96.4 Å². The lowest BCUT2D eigenvalue weighted by atomic mass is 10.1. The molecule has 34 heavy (non-hydrogen) atoms. The third-order valence-corrected chi connectivity index (χ3v) is 7.47. The van der Waals surface area contributed by atoms with Crippen LogP contribution in [-0.2, 0) is 4.79 Å². The normalized spacial score (nSPS) is 12.8. The summed E-state index contributed by atoms with van der Waals surface area (Å²) in [5.74, 6) is -0.736. The molecule has 1 aromatic heterocycles. The van der Waals surface area contributed by atoms with Crippen molar-refractivity contribution in [2.75, 3.05) is 16.0 Å². The Hall–Kier alpha value is -3.82. The molecule has 5 rings (SSSR count). The minimum atomic E-state index is -0.341. The van der Waals surface area contributed by atoms with Crippen LogP contribution >= 0.6 is 23.1 Å². The quantitative estimate of drug-likeness (QED) is 0.233. The fraction of sp³-hybridized carbons (Fsp3) is 0.0800. The Morgan fingerprint density at radius 2 is 1.65 bits per heavy atom. The fourth-order valence-corrected chi connectivity index (χ4v) is 5.53. The van der Waals surface area contributed by atoms with Crippen LogP contribution in [-0.4, -0.2) is 34.2 Å². The van der Waals surface area contributed by atoms with Crippen molar-refractivity contribution in [1.29, 1.82) is 0 Å². The monoisotopic (exact) mass is 487 g/mol. The summed E-state index contributed by atoms with van der Waals surface area (Å²) >= 11 is 2.70. The lowest BCUT2D eigenvalue weighted by Gasteiger charge is -2.13. The molecular weight excluding hydrogens is 470 g/mol. The van der Waals surface area contributed by atoms with Crippen LogP contribution in [0.3, 0.4) is 0 Å². The van der Waals surface area contributed by atoms with Gasteiger partial charge in [-0.15, -0.1) is 11.3 Å². The Morgan fingerprint density at radius 3 is 2.29 bits per heavy atom. The molecule has 1 N–H and O–H groups in total. The number of rotatable bonds is 6. The molecule has 0 spiro atoms. The minimum absolute atomic E-state index is 0.0320. The number of nitrogens with one attached hydrogen (secondary N) is 1. The Labute approximate surface area is 202 Å². The molecule has 0 saturated carbocycles. The summed E-state index contributed by atoms with van der Waals surface area (Å²) in [7, 11) is 0. The predicted octanol–water partition coefficient (Wildman–Crippen LogP) is 5.03. The third kappa shape index (κ3) is 4.11. The summed E-state index contributed by atoms with van der Waals surface area (Å²) in [5.41, 5.74) is 3.22.